The molecule has 0 saturated carbocycles. The lowest BCUT2D eigenvalue weighted by molar-refractivity contribution is -0.140. The number of nitrogens with one attached hydrogen (secondary N) is 1. The third kappa shape index (κ3) is 9.38. The van der Waals surface area contributed by atoms with Crippen LogP contribution in [0.4, 0.5) is 30.7 Å². The van der Waals surface area contributed by atoms with Gasteiger partial charge in [0.1, 0.15) is 11.9 Å². The van der Waals surface area contributed by atoms with Crippen molar-refractivity contribution < 1.29 is 45.4 Å². The van der Waals surface area contributed by atoms with E-state index in [1.165, 1.54) is 0 Å². The standard InChI is InChI=1S/C37H42F7N3O4/c1-19(2)9-30(47-18-24(7-8-46-16-21(4)17-46)27(14-31(47)48)36(39,40)41)35(51)45-29(15-32(49)50)26-12-25(13-28(34(26)38)37(42,43)44)33-22(5)10-20(3)11-23(33)6/h10-14,18-19,21,29-30H,7-9,15-17H2,1-6H3,(H,45,51)(H,49,50). The molecule has 2 heterocycles. The fraction of sp³-hybridized carbons (Fsp3) is 0.486. The molecule has 0 aliphatic carbocycles. The van der Waals surface area contributed by atoms with Crippen molar-refractivity contribution in [2.45, 2.75) is 85.2 Å². The Kier molecular flexibility index (Phi) is 11.8. The van der Waals surface area contributed by atoms with Gasteiger partial charge in [-0.05, 0) is 85.4 Å². The zero-order valence-corrected chi connectivity index (χ0v) is 29.2. The molecule has 3 aromatic rings. The second-order valence-corrected chi connectivity index (χ2v) is 14.1. The smallest absolute Gasteiger partial charge is 0.419 e. The number of aliphatic carboxylic acids is 1. The summed E-state index contributed by atoms with van der Waals surface area (Å²) in [6.07, 6.45) is -10.3. The van der Waals surface area contributed by atoms with Crippen molar-refractivity contribution in [2.24, 2.45) is 11.8 Å². The molecule has 14 heteroatoms. The molecule has 2 atom stereocenters. The summed E-state index contributed by atoms with van der Waals surface area (Å²) in [7, 11) is 0. The van der Waals surface area contributed by atoms with Crippen LogP contribution in [0.2, 0.25) is 0 Å². The number of pyridine rings is 1. The maximum atomic E-state index is 15.9. The number of halogens is 7. The maximum Gasteiger partial charge on any atom is 0.419 e. The number of hydrogen-bond donors (Lipinski definition) is 2. The SMILES string of the molecule is Cc1cc(C)c(-c2cc(C(CC(=O)O)NC(=O)C(CC(C)C)n3cc(CCN4CC(C)C4)c(C(F)(F)F)cc3=O)c(F)c(C(F)(F)F)c2)c(C)c1. The summed E-state index contributed by atoms with van der Waals surface area (Å²) in [5.74, 6) is -4.36. The second kappa shape index (κ2) is 15.2. The Morgan fingerprint density at radius 3 is 2.04 bits per heavy atom. The van der Waals surface area contributed by atoms with Crippen LogP contribution in [0.25, 0.3) is 11.1 Å². The average molecular weight is 726 g/mol. The van der Waals surface area contributed by atoms with Crippen molar-refractivity contribution in [3.63, 3.8) is 0 Å². The van der Waals surface area contributed by atoms with Gasteiger partial charge in [-0.2, -0.15) is 26.3 Å². The van der Waals surface area contributed by atoms with Crippen LogP contribution in [0.5, 0.6) is 0 Å². The van der Waals surface area contributed by atoms with Crippen LogP contribution in [0.3, 0.4) is 0 Å². The molecule has 7 nitrogen and oxygen atoms in total. The summed E-state index contributed by atoms with van der Waals surface area (Å²) in [6.45, 7) is 12.2. The molecule has 1 fully saturated rings. The van der Waals surface area contributed by atoms with Gasteiger partial charge < -0.3 is 19.9 Å². The number of rotatable bonds is 12. The predicted octanol–water partition coefficient (Wildman–Crippen LogP) is 8.03. The Morgan fingerprint density at radius 1 is 0.941 bits per heavy atom. The molecule has 1 aliphatic rings. The van der Waals surface area contributed by atoms with Crippen LogP contribution in [0, 0.1) is 38.4 Å². The predicted molar refractivity (Wildman–Crippen MR) is 178 cm³/mol. The van der Waals surface area contributed by atoms with E-state index in [2.05, 4.69) is 5.32 Å². The number of carboxylic acid groups (broad SMARTS) is 1. The first-order valence-electron chi connectivity index (χ1n) is 16.6. The second-order valence-electron chi connectivity index (χ2n) is 14.1. The quantitative estimate of drug-likeness (QED) is 0.185. The van der Waals surface area contributed by atoms with Crippen LogP contribution < -0.4 is 10.9 Å². The Morgan fingerprint density at radius 2 is 1.53 bits per heavy atom. The molecule has 0 radical (unpaired) electrons. The fourth-order valence-corrected chi connectivity index (χ4v) is 6.95. The van der Waals surface area contributed by atoms with E-state index in [4.69, 9.17) is 0 Å². The van der Waals surface area contributed by atoms with Crippen LogP contribution in [-0.2, 0) is 28.4 Å². The van der Waals surface area contributed by atoms with Crippen molar-refractivity contribution in [3.8, 4) is 11.1 Å². The van der Waals surface area contributed by atoms with Crippen LogP contribution in [0.1, 0.15) is 84.6 Å². The normalized spacial score (nSPS) is 15.5. The number of carbonyl (C=O) groups is 2. The average Bonchev–Trinajstić information content (AvgIpc) is 2.96. The van der Waals surface area contributed by atoms with Crippen molar-refractivity contribution in [2.75, 3.05) is 19.6 Å². The number of carbonyl (C=O) groups excluding carboxylic acids is 1. The van der Waals surface area contributed by atoms with E-state index in [-0.39, 0.29) is 36.4 Å². The molecule has 0 spiro atoms. The highest BCUT2D eigenvalue weighted by atomic mass is 19.4. The molecule has 51 heavy (non-hydrogen) atoms. The number of aryl methyl sites for hydroxylation is 3. The van der Waals surface area contributed by atoms with Gasteiger partial charge in [-0.15, -0.1) is 0 Å². The van der Waals surface area contributed by atoms with Crippen molar-refractivity contribution in [1.29, 1.82) is 0 Å². The summed E-state index contributed by atoms with van der Waals surface area (Å²) in [5.41, 5.74) is -2.66. The van der Waals surface area contributed by atoms with Crippen molar-refractivity contribution >= 4 is 11.9 Å². The van der Waals surface area contributed by atoms with E-state index < -0.39 is 70.8 Å². The van der Waals surface area contributed by atoms with E-state index in [9.17, 15) is 45.8 Å². The van der Waals surface area contributed by atoms with E-state index in [0.29, 0.717) is 47.8 Å². The number of nitrogens with zero attached hydrogens (tertiary/aromatic N) is 2. The molecular weight excluding hydrogens is 683 g/mol. The number of alkyl halides is 6. The molecule has 1 aromatic heterocycles. The Balaban J connectivity index is 1.83. The van der Waals surface area contributed by atoms with Gasteiger partial charge in [0, 0.05) is 37.5 Å². The highest BCUT2D eigenvalue weighted by molar-refractivity contribution is 5.82. The zero-order valence-electron chi connectivity index (χ0n) is 29.2. The Hall–Kier alpha value is -4.20. The van der Waals surface area contributed by atoms with E-state index >= 15 is 4.39 Å². The molecule has 2 unspecified atom stereocenters. The lowest BCUT2D eigenvalue weighted by Gasteiger charge is -2.37. The first-order valence-corrected chi connectivity index (χ1v) is 16.6. The summed E-state index contributed by atoms with van der Waals surface area (Å²) >= 11 is 0. The minimum atomic E-state index is -5.20. The number of carboxylic acids is 1. The summed E-state index contributed by atoms with van der Waals surface area (Å²) in [5, 5.41) is 12.1. The first kappa shape index (κ1) is 39.6. The Labute approximate surface area is 291 Å². The molecular formula is C37H42F7N3O4. The molecule has 4 rings (SSSR count). The number of amides is 1. The Bertz CT molecular complexity index is 1820. The monoisotopic (exact) mass is 725 g/mol. The zero-order chi connectivity index (χ0) is 38.2. The van der Waals surface area contributed by atoms with Gasteiger partial charge in [0.25, 0.3) is 5.56 Å². The van der Waals surface area contributed by atoms with Gasteiger partial charge in [0.05, 0.1) is 23.6 Å². The highest BCUT2D eigenvalue weighted by Crippen LogP contribution is 2.40. The molecule has 278 valence electrons. The van der Waals surface area contributed by atoms with Gasteiger partial charge in [-0.25, -0.2) is 4.39 Å². The molecule has 1 saturated heterocycles. The lowest BCUT2D eigenvalue weighted by Crippen LogP contribution is -2.46. The van der Waals surface area contributed by atoms with Gasteiger partial charge >= 0.3 is 18.3 Å². The summed E-state index contributed by atoms with van der Waals surface area (Å²) in [4.78, 5) is 41.2. The molecule has 2 N–H and O–H groups in total. The van der Waals surface area contributed by atoms with Crippen LogP contribution in [-0.4, -0.2) is 46.1 Å². The maximum absolute atomic E-state index is 15.9. The number of benzene rings is 2. The van der Waals surface area contributed by atoms with Gasteiger partial charge in [-0.3, -0.25) is 14.4 Å². The van der Waals surface area contributed by atoms with Gasteiger partial charge in [-0.1, -0.05) is 38.5 Å². The molecule has 0 bridgehead atoms. The lowest BCUT2D eigenvalue weighted by atomic mass is 9.89. The highest BCUT2D eigenvalue weighted by Gasteiger charge is 2.39. The van der Waals surface area contributed by atoms with E-state index in [1.54, 1.807) is 46.8 Å². The van der Waals surface area contributed by atoms with Crippen LogP contribution in [0.15, 0.2) is 41.3 Å². The third-order valence-corrected chi connectivity index (χ3v) is 9.08. The van der Waals surface area contributed by atoms with Crippen molar-refractivity contribution in [1.82, 2.24) is 14.8 Å². The largest absolute Gasteiger partial charge is 0.481 e. The van der Waals surface area contributed by atoms with Crippen LogP contribution >= 0.6 is 0 Å². The van der Waals surface area contributed by atoms with E-state index in [0.717, 1.165) is 22.4 Å². The molecule has 1 aliphatic heterocycles. The minimum absolute atomic E-state index is 0.0581. The van der Waals surface area contributed by atoms with E-state index in [1.807, 2.05) is 11.8 Å². The number of hydrogen-bond acceptors (Lipinski definition) is 4. The first-order chi connectivity index (χ1) is 23.6. The van der Waals surface area contributed by atoms with Gasteiger partial charge in [0.2, 0.25) is 5.91 Å². The fourth-order valence-electron chi connectivity index (χ4n) is 6.95. The third-order valence-electron chi connectivity index (χ3n) is 9.08. The topological polar surface area (TPSA) is 91.6 Å². The number of aromatic nitrogens is 1. The summed E-state index contributed by atoms with van der Waals surface area (Å²) in [6, 6.07) is 2.21. The molecule has 1 amide bonds. The summed E-state index contributed by atoms with van der Waals surface area (Å²) < 4.78 is 102. The van der Waals surface area contributed by atoms with Crippen molar-refractivity contribution in [3.05, 3.63) is 91.6 Å². The van der Waals surface area contributed by atoms with Gasteiger partial charge in [0.15, 0.2) is 0 Å². The minimum Gasteiger partial charge on any atom is -0.481 e. The molecule has 2 aromatic carbocycles. The number of likely N-dealkylation sites (tertiary alicyclic amines) is 1.